The minimum absolute atomic E-state index is 0.206. The molecule has 2 rings (SSSR count). The normalized spacial score (nSPS) is 30.4. The van der Waals surface area contributed by atoms with Crippen molar-refractivity contribution in [2.24, 2.45) is 0 Å². The number of hydrogen-bond donors (Lipinski definition) is 2. The van der Waals surface area contributed by atoms with Gasteiger partial charge in [-0.1, -0.05) is 12.8 Å². The first-order valence-corrected chi connectivity index (χ1v) is 4.41. The van der Waals surface area contributed by atoms with Gasteiger partial charge in [0.15, 0.2) is 0 Å². The zero-order chi connectivity index (χ0) is 8.39. The highest BCUT2D eigenvalue weighted by molar-refractivity contribution is 5.04. The highest BCUT2D eigenvalue weighted by atomic mass is 16.3. The smallest absolute Gasteiger partial charge is 0.0881 e. The van der Waals surface area contributed by atoms with Crippen molar-refractivity contribution in [2.75, 3.05) is 0 Å². The molecule has 2 atom stereocenters. The minimum atomic E-state index is -0.219. The summed E-state index contributed by atoms with van der Waals surface area (Å²) in [7, 11) is 0. The second kappa shape index (κ2) is 3.23. The number of aromatic amines is 1. The Kier molecular flexibility index (Phi) is 2.08. The van der Waals surface area contributed by atoms with E-state index in [1.807, 2.05) is 0 Å². The number of aromatic nitrogens is 3. The fourth-order valence-corrected chi connectivity index (χ4v) is 1.85. The number of nitrogens with zero attached hydrogens (tertiary/aromatic N) is 2. The van der Waals surface area contributed by atoms with Crippen molar-refractivity contribution in [1.82, 2.24) is 15.4 Å². The van der Waals surface area contributed by atoms with Gasteiger partial charge in [-0.05, 0) is 12.8 Å². The van der Waals surface area contributed by atoms with E-state index in [9.17, 15) is 5.11 Å². The van der Waals surface area contributed by atoms with Crippen LogP contribution in [0.3, 0.4) is 0 Å². The predicted molar refractivity (Wildman–Crippen MR) is 43.6 cm³/mol. The van der Waals surface area contributed by atoms with E-state index in [0.29, 0.717) is 0 Å². The molecule has 0 radical (unpaired) electrons. The van der Waals surface area contributed by atoms with Crippen LogP contribution >= 0.6 is 0 Å². The lowest BCUT2D eigenvalue weighted by Gasteiger charge is -2.25. The zero-order valence-electron chi connectivity index (χ0n) is 6.90. The Labute approximate surface area is 71.0 Å². The van der Waals surface area contributed by atoms with Crippen molar-refractivity contribution in [3.63, 3.8) is 0 Å². The van der Waals surface area contributed by atoms with Crippen LogP contribution in [0.5, 0.6) is 0 Å². The minimum Gasteiger partial charge on any atom is -0.392 e. The van der Waals surface area contributed by atoms with E-state index in [1.165, 1.54) is 6.42 Å². The highest BCUT2D eigenvalue weighted by Crippen LogP contribution is 2.31. The van der Waals surface area contributed by atoms with Gasteiger partial charge in [0.2, 0.25) is 0 Å². The first-order chi connectivity index (χ1) is 5.88. The Morgan fingerprint density at radius 1 is 1.42 bits per heavy atom. The third-order valence-electron chi connectivity index (χ3n) is 2.54. The highest BCUT2D eigenvalue weighted by Gasteiger charge is 2.26. The first kappa shape index (κ1) is 7.73. The molecule has 1 saturated carbocycles. The van der Waals surface area contributed by atoms with E-state index in [4.69, 9.17) is 0 Å². The average molecular weight is 167 g/mol. The summed E-state index contributed by atoms with van der Waals surface area (Å²) in [5.41, 5.74) is 0.905. The largest absolute Gasteiger partial charge is 0.392 e. The summed E-state index contributed by atoms with van der Waals surface area (Å²) >= 11 is 0. The molecule has 4 heteroatoms. The second-order valence-electron chi connectivity index (χ2n) is 3.35. The molecule has 1 aromatic heterocycles. The van der Waals surface area contributed by atoms with E-state index in [-0.39, 0.29) is 12.0 Å². The summed E-state index contributed by atoms with van der Waals surface area (Å²) in [5, 5.41) is 20.0. The fraction of sp³-hybridized carbons (Fsp3) is 0.750. The van der Waals surface area contributed by atoms with Gasteiger partial charge in [-0.15, -0.1) is 0 Å². The molecule has 0 aromatic carbocycles. The number of aliphatic hydroxyl groups is 1. The molecule has 1 aromatic rings. The van der Waals surface area contributed by atoms with E-state index in [2.05, 4.69) is 15.4 Å². The molecule has 0 unspecified atom stereocenters. The van der Waals surface area contributed by atoms with Gasteiger partial charge in [0, 0.05) is 5.92 Å². The Balaban J connectivity index is 2.11. The number of nitrogens with one attached hydrogen (secondary N) is 1. The molecular weight excluding hydrogens is 154 g/mol. The van der Waals surface area contributed by atoms with Gasteiger partial charge < -0.3 is 5.11 Å². The van der Waals surface area contributed by atoms with Crippen LogP contribution in [0.4, 0.5) is 0 Å². The molecule has 0 saturated heterocycles. The molecule has 1 aliphatic carbocycles. The van der Waals surface area contributed by atoms with Gasteiger partial charge in [-0.2, -0.15) is 15.4 Å². The quantitative estimate of drug-likeness (QED) is 0.651. The molecule has 0 aliphatic heterocycles. The summed E-state index contributed by atoms with van der Waals surface area (Å²) in [5.74, 6) is 0.206. The van der Waals surface area contributed by atoms with Gasteiger partial charge in [0.05, 0.1) is 18.0 Å². The molecule has 1 heterocycles. The van der Waals surface area contributed by atoms with Gasteiger partial charge in [0.1, 0.15) is 0 Å². The van der Waals surface area contributed by atoms with Crippen molar-refractivity contribution in [3.05, 3.63) is 11.9 Å². The van der Waals surface area contributed by atoms with Crippen LogP contribution in [-0.2, 0) is 0 Å². The van der Waals surface area contributed by atoms with Crippen LogP contribution in [0.15, 0.2) is 6.20 Å². The molecular formula is C8H13N3O. The number of H-pyrrole nitrogens is 1. The van der Waals surface area contributed by atoms with Gasteiger partial charge in [-0.3, -0.25) is 0 Å². The Morgan fingerprint density at radius 2 is 2.25 bits per heavy atom. The molecule has 2 N–H and O–H groups in total. The Morgan fingerprint density at radius 3 is 2.92 bits per heavy atom. The van der Waals surface area contributed by atoms with E-state index < -0.39 is 0 Å². The second-order valence-corrected chi connectivity index (χ2v) is 3.35. The molecule has 12 heavy (non-hydrogen) atoms. The standard InChI is InChI=1S/C8H13N3O/c12-8-4-2-1-3-6(8)7-5-9-11-10-7/h5-6,8,12H,1-4H2,(H,9,10,11)/t6-,8+/m0/s1. The maximum Gasteiger partial charge on any atom is 0.0881 e. The Bertz CT molecular complexity index is 234. The van der Waals surface area contributed by atoms with Crippen molar-refractivity contribution in [1.29, 1.82) is 0 Å². The predicted octanol–water partition coefficient (Wildman–Crippen LogP) is 0.823. The summed E-state index contributed by atoms with van der Waals surface area (Å²) in [6.07, 6.45) is 5.75. The van der Waals surface area contributed by atoms with Crippen LogP contribution in [0.2, 0.25) is 0 Å². The maximum atomic E-state index is 9.66. The van der Waals surface area contributed by atoms with Crippen molar-refractivity contribution in [2.45, 2.75) is 37.7 Å². The number of rotatable bonds is 1. The SMILES string of the molecule is O[C@@H]1CCCC[C@H]1c1cn[nH]n1. The van der Waals surface area contributed by atoms with Crippen LogP contribution in [0.1, 0.15) is 37.3 Å². The van der Waals surface area contributed by atoms with E-state index >= 15 is 0 Å². The summed E-state index contributed by atoms with van der Waals surface area (Å²) < 4.78 is 0. The van der Waals surface area contributed by atoms with E-state index in [0.717, 1.165) is 25.0 Å². The lowest BCUT2D eigenvalue weighted by atomic mass is 9.85. The summed E-state index contributed by atoms with van der Waals surface area (Å²) in [6.45, 7) is 0. The number of hydrogen-bond acceptors (Lipinski definition) is 3. The molecule has 4 nitrogen and oxygen atoms in total. The first-order valence-electron chi connectivity index (χ1n) is 4.41. The van der Waals surface area contributed by atoms with Gasteiger partial charge in [0.25, 0.3) is 0 Å². The van der Waals surface area contributed by atoms with Crippen molar-refractivity contribution in [3.8, 4) is 0 Å². The molecule has 1 fully saturated rings. The Hall–Kier alpha value is -0.900. The third kappa shape index (κ3) is 1.34. The zero-order valence-corrected chi connectivity index (χ0v) is 6.90. The monoisotopic (exact) mass is 167 g/mol. The molecule has 0 amide bonds. The van der Waals surface area contributed by atoms with Gasteiger partial charge in [-0.25, -0.2) is 0 Å². The van der Waals surface area contributed by atoms with Crippen LogP contribution < -0.4 is 0 Å². The average Bonchev–Trinajstić information content (AvgIpc) is 2.57. The molecule has 66 valence electrons. The lowest BCUT2D eigenvalue weighted by molar-refractivity contribution is 0.104. The summed E-state index contributed by atoms with van der Waals surface area (Å²) in [6, 6.07) is 0. The van der Waals surface area contributed by atoms with Crippen molar-refractivity contribution >= 4 is 0 Å². The molecule has 0 spiro atoms. The van der Waals surface area contributed by atoms with Crippen LogP contribution in [0, 0.1) is 0 Å². The maximum absolute atomic E-state index is 9.66. The van der Waals surface area contributed by atoms with Crippen molar-refractivity contribution < 1.29 is 5.11 Å². The lowest BCUT2D eigenvalue weighted by Crippen LogP contribution is -2.22. The molecule has 0 bridgehead atoms. The van der Waals surface area contributed by atoms with E-state index in [1.54, 1.807) is 6.20 Å². The third-order valence-corrected chi connectivity index (χ3v) is 2.54. The van der Waals surface area contributed by atoms with Crippen LogP contribution in [0.25, 0.3) is 0 Å². The fourth-order valence-electron chi connectivity index (χ4n) is 1.85. The number of aliphatic hydroxyl groups excluding tert-OH is 1. The topological polar surface area (TPSA) is 61.8 Å². The van der Waals surface area contributed by atoms with Crippen LogP contribution in [-0.4, -0.2) is 26.6 Å². The molecule has 1 aliphatic rings. The van der Waals surface area contributed by atoms with Gasteiger partial charge >= 0.3 is 0 Å². The summed E-state index contributed by atoms with van der Waals surface area (Å²) in [4.78, 5) is 0.